The summed E-state index contributed by atoms with van der Waals surface area (Å²) in [5.74, 6) is 0. The first-order chi connectivity index (χ1) is 6.50. The Bertz CT molecular complexity index is 353. The summed E-state index contributed by atoms with van der Waals surface area (Å²) >= 11 is 0. The van der Waals surface area contributed by atoms with Gasteiger partial charge < -0.3 is 0 Å². The minimum atomic E-state index is 0.0811. The molecule has 3 heteroatoms. The molecule has 1 rings (SSSR count). The maximum Gasteiger partial charge on any atom is 0.0906 e. The molecular weight excluding hydrogens is 174 g/mol. The smallest absolute Gasteiger partial charge is 0.0906 e. The lowest BCUT2D eigenvalue weighted by molar-refractivity contribution is 0.587. The molecule has 0 bridgehead atoms. The van der Waals surface area contributed by atoms with Crippen LogP contribution in [0.25, 0.3) is 6.08 Å². The van der Waals surface area contributed by atoms with Gasteiger partial charge in [-0.2, -0.15) is 15.0 Å². The molecule has 1 aromatic rings. The average molecular weight is 191 g/mol. The fraction of sp³-hybridized carbons (Fsp3) is 0.455. The van der Waals surface area contributed by atoms with Crippen molar-refractivity contribution in [3.63, 3.8) is 0 Å². The van der Waals surface area contributed by atoms with Crippen molar-refractivity contribution in [1.29, 1.82) is 0 Å². The van der Waals surface area contributed by atoms with E-state index in [1.807, 2.05) is 25.3 Å². The second-order valence-electron chi connectivity index (χ2n) is 4.22. The third kappa shape index (κ3) is 1.92. The second kappa shape index (κ2) is 3.78. The van der Waals surface area contributed by atoms with E-state index in [2.05, 4.69) is 37.7 Å². The standard InChI is InChI=1S/C11H17N3/c1-6-7-10-9(11(2,3)4)8-13-14(10)12-5/h6-8H,5H2,1-4H3/b7-6-. The summed E-state index contributed by atoms with van der Waals surface area (Å²) in [6.07, 6.45) is 5.83. The SMILES string of the molecule is C=Nn1ncc(C(C)(C)C)c1/C=C\C. The van der Waals surface area contributed by atoms with Gasteiger partial charge in [-0.15, -0.1) is 0 Å². The summed E-state index contributed by atoms with van der Waals surface area (Å²) in [4.78, 5) is 1.56. The lowest BCUT2D eigenvalue weighted by Gasteiger charge is -2.17. The molecule has 0 saturated carbocycles. The number of rotatable bonds is 2. The van der Waals surface area contributed by atoms with Crippen molar-refractivity contribution in [3.8, 4) is 0 Å². The van der Waals surface area contributed by atoms with Crippen molar-refractivity contribution in [2.24, 2.45) is 5.10 Å². The summed E-state index contributed by atoms with van der Waals surface area (Å²) in [5.41, 5.74) is 2.27. The van der Waals surface area contributed by atoms with Gasteiger partial charge in [-0.25, -0.2) is 0 Å². The quantitative estimate of drug-likeness (QED) is 0.661. The predicted molar refractivity (Wildman–Crippen MR) is 60.6 cm³/mol. The lowest BCUT2D eigenvalue weighted by atomic mass is 9.87. The Morgan fingerprint density at radius 1 is 1.50 bits per heavy atom. The minimum absolute atomic E-state index is 0.0811. The zero-order valence-corrected chi connectivity index (χ0v) is 9.28. The Labute approximate surface area is 85.1 Å². The molecule has 0 aliphatic rings. The highest BCUT2D eigenvalue weighted by Crippen LogP contribution is 2.26. The van der Waals surface area contributed by atoms with Crippen molar-refractivity contribution < 1.29 is 0 Å². The van der Waals surface area contributed by atoms with Gasteiger partial charge in [-0.3, -0.25) is 0 Å². The highest BCUT2D eigenvalue weighted by atomic mass is 15.5. The van der Waals surface area contributed by atoms with E-state index in [0.717, 1.165) is 5.69 Å². The van der Waals surface area contributed by atoms with Crippen LogP contribution in [-0.4, -0.2) is 16.6 Å². The molecule has 0 atom stereocenters. The highest BCUT2D eigenvalue weighted by molar-refractivity contribution is 5.51. The molecule has 0 amide bonds. The Balaban J connectivity index is 3.31. The van der Waals surface area contributed by atoms with Crippen molar-refractivity contribution >= 4 is 12.8 Å². The topological polar surface area (TPSA) is 30.2 Å². The van der Waals surface area contributed by atoms with Crippen LogP contribution in [0, 0.1) is 0 Å². The summed E-state index contributed by atoms with van der Waals surface area (Å²) < 4.78 is 0. The largest absolute Gasteiger partial charge is 0.166 e. The van der Waals surface area contributed by atoms with E-state index in [9.17, 15) is 0 Å². The van der Waals surface area contributed by atoms with Crippen molar-refractivity contribution in [2.75, 3.05) is 0 Å². The Morgan fingerprint density at radius 3 is 2.57 bits per heavy atom. The van der Waals surface area contributed by atoms with Gasteiger partial charge in [0.15, 0.2) is 0 Å². The molecule has 1 aromatic heterocycles. The van der Waals surface area contributed by atoms with E-state index in [-0.39, 0.29) is 5.41 Å². The molecule has 0 fully saturated rings. The van der Waals surface area contributed by atoms with E-state index >= 15 is 0 Å². The molecule has 1 heterocycles. The fourth-order valence-electron chi connectivity index (χ4n) is 1.35. The molecule has 0 N–H and O–H groups in total. The van der Waals surface area contributed by atoms with Gasteiger partial charge in [0, 0.05) is 12.3 Å². The molecule has 76 valence electrons. The van der Waals surface area contributed by atoms with Gasteiger partial charge in [-0.1, -0.05) is 26.8 Å². The zero-order valence-electron chi connectivity index (χ0n) is 9.28. The van der Waals surface area contributed by atoms with Crippen LogP contribution in [0.15, 0.2) is 17.4 Å². The van der Waals surface area contributed by atoms with E-state index in [1.165, 1.54) is 5.56 Å². The van der Waals surface area contributed by atoms with Crippen molar-refractivity contribution in [2.45, 2.75) is 33.1 Å². The van der Waals surface area contributed by atoms with Gasteiger partial charge >= 0.3 is 0 Å². The molecular formula is C11H17N3. The highest BCUT2D eigenvalue weighted by Gasteiger charge is 2.20. The third-order valence-electron chi connectivity index (χ3n) is 2.05. The maximum absolute atomic E-state index is 4.16. The summed E-state index contributed by atoms with van der Waals surface area (Å²) in [6.45, 7) is 11.9. The van der Waals surface area contributed by atoms with Crippen LogP contribution < -0.4 is 0 Å². The van der Waals surface area contributed by atoms with Gasteiger partial charge in [0.25, 0.3) is 0 Å². The zero-order chi connectivity index (χ0) is 10.8. The van der Waals surface area contributed by atoms with Gasteiger partial charge in [0.05, 0.1) is 11.9 Å². The van der Waals surface area contributed by atoms with E-state index in [0.29, 0.717) is 0 Å². The average Bonchev–Trinajstić information content (AvgIpc) is 2.47. The Kier molecular flexibility index (Phi) is 2.89. The predicted octanol–water partition coefficient (Wildman–Crippen LogP) is 2.68. The molecule has 0 unspecified atom stereocenters. The van der Waals surface area contributed by atoms with Crippen molar-refractivity contribution in [1.82, 2.24) is 9.89 Å². The van der Waals surface area contributed by atoms with Gasteiger partial charge in [0.2, 0.25) is 0 Å². The molecule has 0 aromatic carbocycles. The summed E-state index contributed by atoms with van der Waals surface area (Å²) in [5, 5.41) is 7.98. The summed E-state index contributed by atoms with van der Waals surface area (Å²) in [7, 11) is 0. The Morgan fingerprint density at radius 2 is 2.14 bits per heavy atom. The van der Waals surface area contributed by atoms with E-state index < -0.39 is 0 Å². The fourth-order valence-corrected chi connectivity index (χ4v) is 1.35. The number of hydrogen-bond acceptors (Lipinski definition) is 2. The third-order valence-corrected chi connectivity index (χ3v) is 2.05. The number of allylic oxidation sites excluding steroid dienone is 1. The molecule has 3 nitrogen and oxygen atoms in total. The minimum Gasteiger partial charge on any atom is -0.166 e. The normalized spacial score (nSPS) is 12.3. The first kappa shape index (κ1) is 10.7. The van der Waals surface area contributed by atoms with E-state index in [1.54, 1.807) is 4.79 Å². The van der Waals surface area contributed by atoms with Gasteiger partial charge in [-0.05, 0) is 18.4 Å². The van der Waals surface area contributed by atoms with E-state index in [4.69, 9.17) is 0 Å². The number of aromatic nitrogens is 2. The number of hydrogen-bond donors (Lipinski definition) is 0. The maximum atomic E-state index is 4.16. The molecule has 0 spiro atoms. The van der Waals surface area contributed by atoms with Crippen LogP contribution in [0.3, 0.4) is 0 Å². The first-order valence-corrected chi connectivity index (χ1v) is 4.69. The van der Waals surface area contributed by atoms with Crippen LogP contribution in [-0.2, 0) is 5.41 Å². The van der Waals surface area contributed by atoms with Crippen LogP contribution in [0.2, 0.25) is 0 Å². The van der Waals surface area contributed by atoms with Crippen LogP contribution in [0.5, 0.6) is 0 Å². The second-order valence-corrected chi connectivity index (χ2v) is 4.22. The monoisotopic (exact) mass is 191 g/mol. The molecule has 14 heavy (non-hydrogen) atoms. The van der Waals surface area contributed by atoms with Gasteiger partial charge in [0.1, 0.15) is 0 Å². The molecule has 0 radical (unpaired) electrons. The molecule has 0 aliphatic carbocycles. The molecule has 0 aliphatic heterocycles. The first-order valence-electron chi connectivity index (χ1n) is 4.69. The van der Waals surface area contributed by atoms with Crippen molar-refractivity contribution in [3.05, 3.63) is 23.5 Å². The van der Waals surface area contributed by atoms with Crippen LogP contribution in [0.4, 0.5) is 0 Å². The van der Waals surface area contributed by atoms with Crippen LogP contribution in [0.1, 0.15) is 39.0 Å². The molecule has 0 saturated heterocycles. The number of nitrogens with zero attached hydrogens (tertiary/aromatic N) is 3. The Hall–Kier alpha value is -1.38. The van der Waals surface area contributed by atoms with Crippen LogP contribution >= 0.6 is 0 Å². The summed E-state index contributed by atoms with van der Waals surface area (Å²) in [6, 6.07) is 0. The lowest BCUT2D eigenvalue weighted by Crippen LogP contribution is -2.12.